The van der Waals surface area contributed by atoms with Gasteiger partial charge in [0.15, 0.2) is 0 Å². The minimum atomic E-state index is -0.986. The van der Waals surface area contributed by atoms with Gasteiger partial charge in [0.1, 0.15) is 0 Å². The van der Waals surface area contributed by atoms with Crippen LogP contribution in [0, 0.1) is 0 Å². The Morgan fingerprint density at radius 3 is 2.71 bits per heavy atom. The Morgan fingerprint density at radius 2 is 1.95 bits per heavy atom. The fraction of sp³-hybridized carbons (Fsp3) is 0.357. The summed E-state index contributed by atoms with van der Waals surface area (Å²) in [5.74, 6) is -1.17. The molecule has 0 fully saturated rings. The molecule has 1 aliphatic rings. The van der Waals surface area contributed by atoms with E-state index in [-0.39, 0.29) is 25.4 Å². The maximum Gasteiger partial charge on any atom is 0.315 e. The van der Waals surface area contributed by atoms with E-state index in [0.717, 1.165) is 17.7 Å². The second-order valence-corrected chi connectivity index (χ2v) is 4.68. The van der Waals surface area contributed by atoms with E-state index in [0.29, 0.717) is 6.54 Å². The zero-order valence-corrected chi connectivity index (χ0v) is 11.5. The van der Waals surface area contributed by atoms with Gasteiger partial charge in [-0.25, -0.2) is 4.79 Å². The van der Waals surface area contributed by atoms with Crippen LogP contribution in [0.3, 0.4) is 0 Å². The molecule has 0 atom stereocenters. The van der Waals surface area contributed by atoms with Crippen LogP contribution in [-0.2, 0) is 16.0 Å². The highest BCUT2D eigenvalue weighted by atomic mass is 16.4. The van der Waals surface area contributed by atoms with Crippen LogP contribution >= 0.6 is 0 Å². The third kappa shape index (κ3) is 3.95. The summed E-state index contributed by atoms with van der Waals surface area (Å²) in [4.78, 5) is 35.4. The van der Waals surface area contributed by atoms with Gasteiger partial charge in [-0.1, -0.05) is 18.2 Å². The van der Waals surface area contributed by atoms with Gasteiger partial charge >= 0.3 is 12.0 Å². The lowest BCUT2D eigenvalue weighted by atomic mass is 10.2. The van der Waals surface area contributed by atoms with E-state index >= 15 is 0 Å². The van der Waals surface area contributed by atoms with Gasteiger partial charge in [0.25, 0.3) is 0 Å². The van der Waals surface area contributed by atoms with Crippen molar-refractivity contribution in [2.75, 3.05) is 24.5 Å². The van der Waals surface area contributed by atoms with Crippen molar-refractivity contribution in [3.05, 3.63) is 29.8 Å². The minimum Gasteiger partial charge on any atom is -0.481 e. The molecule has 0 saturated carbocycles. The van der Waals surface area contributed by atoms with E-state index in [1.807, 2.05) is 24.3 Å². The van der Waals surface area contributed by atoms with Crippen LogP contribution in [0.15, 0.2) is 24.3 Å². The first-order valence-electron chi connectivity index (χ1n) is 6.69. The number of hydrogen-bond acceptors (Lipinski definition) is 3. The van der Waals surface area contributed by atoms with Gasteiger partial charge in [0.2, 0.25) is 5.91 Å². The van der Waals surface area contributed by atoms with Crippen molar-refractivity contribution in [2.45, 2.75) is 12.8 Å². The molecule has 7 heteroatoms. The topological polar surface area (TPSA) is 98.7 Å². The largest absolute Gasteiger partial charge is 0.481 e. The molecule has 0 spiro atoms. The summed E-state index contributed by atoms with van der Waals surface area (Å²) in [6.45, 7) is 0.523. The zero-order valence-electron chi connectivity index (χ0n) is 11.5. The Kier molecular flexibility index (Phi) is 4.76. The molecule has 2 rings (SSSR count). The lowest BCUT2D eigenvalue weighted by Crippen LogP contribution is -2.43. The van der Waals surface area contributed by atoms with Crippen LogP contribution in [0.5, 0.6) is 0 Å². The molecular formula is C14H17N3O4. The maximum absolute atomic E-state index is 12.1. The highest BCUT2D eigenvalue weighted by Gasteiger charge is 2.23. The third-order valence-corrected chi connectivity index (χ3v) is 3.21. The number of carbonyl (C=O) groups is 3. The molecule has 0 bridgehead atoms. The molecule has 0 aliphatic carbocycles. The molecule has 3 amide bonds. The van der Waals surface area contributed by atoms with Crippen LogP contribution < -0.4 is 15.5 Å². The number of amides is 3. The summed E-state index contributed by atoms with van der Waals surface area (Å²) in [5.41, 5.74) is 2.01. The summed E-state index contributed by atoms with van der Waals surface area (Å²) >= 11 is 0. The normalized spacial score (nSPS) is 12.7. The number of anilines is 1. The molecule has 112 valence electrons. The fourth-order valence-electron chi connectivity index (χ4n) is 2.19. The molecule has 0 aromatic heterocycles. The van der Waals surface area contributed by atoms with E-state index in [1.165, 1.54) is 0 Å². The van der Waals surface area contributed by atoms with Crippen molar-refractivity contribution < 1.29 is 19.5 Å². The number of carbonyl (C=O) groups excluding carboxylic acids is 2. The first kappa shape index (κ1) is 14.8. The summed E-state index contributed by atoms with van der Waals surface area (Å²) in [7, 11) is 0. The molecule has 3 N–H and O–H groups in total. The average Bonchev–Trinajstić information content (AvgIpc) is 2.88. The predicted octanol–water partition coefficient (Wildman–Crippen LogP) is 0.350. The third-order valence-electron chi connectivity index (χ3n) is 3.21. The van der Waals surface area contributed by atoms with Crippen molar-refractivity contribution in [2.24, 2.45) is 0 Å². The summed E-state index contributed by atoms with van der Waals surface area (Å²) < 4.78 is 0. The van der Waals surface area contributed by atoms with E-state index in [1.54, 1.807) is 4.90 Å². The SMILES string of the molecule is O=C(O)CCNC(=O)NCC(=O)N1CCc2ccccc21. The highest BCUT2D eigenvalue weighted by Crippen LogP contribution is 2.27. The molecule has 21 heavy (non-hydrogen) atoms. The van der Waals surface area contributed by atoms with Crippen LogP contribution in [0.2, 0.25) is 0 Å². The number of fused-ring (bicyclic) bond motifs is 1. The second kappa shape index (κ2) is 6.74. The number of urea groups is 1. The van der Waals surface area contributed by atoms with Gasteiger partial charge in [-0.15, -0.1) is 0 Å². The fourth-order valence-corrected chi connectivity index (χ4v) is 2.19. The molecule has 0 saturated heterocycles. The number of nitrogens with zero attached hydrogens (tertiary/aromatic N) is 1. The molecule has 1 aromatic carbocycles. The van der Waals surface area contributed by atoms with Crippen LogP contribution in [0.25, 0.3) is 0 Å². The Bertz CT molecular complexity index is 559. The Balaban J connectivity index is 1.78. The van der Waals surface area contributed by atoms with Crippen molar-refractivity contribution in [1.82, 2.24) is 10.6 Å². The summed E-state index contributed by atoms with van der Waals surface area (Å²) in [5, 5.41) is 13.3. The molecule has 7 nitrogen and oxygen atoms in total. The molecule has 0 radical (unpaired) electrons. The lowest BCUT2D eigenvalue weighted by molar-refractivity contribution is -0.136. The smallest absolute Gasteiger partial charge is 0.315 e. The molecule has 0 unspecified atom stereocenters. The Hall–Kier alpha value is -2.57. The zero-order chi connectivity index (χ0) is 15.2. The van der Waals surface area contributed by atoms with Crippen molar-refractivity contribution in [3.8, 4) is 0 Å². The number of para-hydroxylation sites is 1. The number of rotatable bonds is 5. The number of aliphatic carboxylic acids is 1. The van der Waals surface area contributed by atoms with Gasteiger partial charge in [-0.05, 0) is 18.1 Å². The van der Waals surface area contributed by atoms with Crippen molar-refractivity contribution >= 4 is 23.6 Å². The van der Waals surface area contributed by atoms with E-state index < -0.39 is 12.0 Å². The number of nitrogens with one attached hydrogen (secondary N) is 2. The van der Waals surface area contributed by atoms with Gasteiger partial charge in [-0.3, -0.25) is 9.59 Å². The average molecular weight is 291 g/mol. The number of carboxylic acids is 1. The predicted molar refractivity (Wildman–Crippen MR) is 76.2 cm³/mol. The Labute approximate surface area is 121 Å². The number of benzene rings is 1. The standard InChI is InChI=1S/C14H17N3O4/c18-12(9-16-14(21)15-7-5-13(19)20)17-8-6-10-3-1-2-4-11(10)17/h1-4H,5-9H2,(H,19,20)(H2,15,16,21). The van der Waals surface area contributed by atoms with Gasteiger partial charge < -0.3 is 20.6 Å². The molecule has 1 aliphatic heterocycles. The highest BCUT2D eigenvalue weighted by molar-refractivity contribution is 5.98. The van der Waals surface area contributed by atoms with Crippen molar-refractivity contribution in [3.63, 3.8) is 0 Å². The van der Waals surface area contributed by atoms with Gasteiger partial charge in [0, 0.05) is 18.8 Å². The van der Waals surface area contributed by atoms with Crippen LogP contribution in [0.1, 0.15) is 12.0 Å². The first-order valence-corrected chi connectivity index (χ1v) is 6.69. The van der Waals surface area contributed by atoms with Crippen LogP contribution in [0.4, 0.5) is 10.5 Å². The van der Waals surface area contributed by atoms with Crippen LogP contribution in [-0.4, -0.2) is 42.6 Å². The number of carboxylic acid groups (broad SMARTS) is 1. The van der Waals surface area contributed by atoms with Gasteiger partial charge in [0.05, 0.1) is 13.0 Å². The van der Waals surface area contributed by atoms with E-state index in [2.05, 4.69) is 10.6 Å². The minimum absolute atomic E-state index is 0.0297. The summed E-state index contributed by atoms with van der Waals surface area (Å²) in [6.07, 6.45) is 0.660. The van der Waals surface area contributed by atoms with E-state index in [4.69, 9.17) is 5.11 Å². The first-order chi connectivity index (χ1) is 10.1. The molecular weight excluding hydrogens is 274 g/mol. The lowest BCUT2D eigenvalue weighted by Gasteiger charge is -2.17. The Morgan fingerprint density at radius 1 is 1.19 bits per heavy atom. The maximum atomic E-state index is 12.1. The quantitative estimate of drug-likeness (QED) is 0.729. The molecule has 1 heterocycles. The van der Waals surface area contributed by atoms with E-state index in [9.17, 15) is 14.4 Å². The summed E-state index contributed by atoms with van der Waals surface area (Å²) in [6, 6.07) is 7.12. The van der Waals surface area contributed by atoms with Gasteiger partial charge in [-0.2, -0.15) is 0 Å². The molecule has 1 aromatic rings. The van der Waals surface area contributed by atoms with Crippen molar-refractivity contribution in [1.29, 1.82) is 0 Å². The number of hydrogen-bond donors (Lipinski definition) is 3. The monoisotopic (exact) mass is 291 g/mol. The second-order valence-electron chi connectivity index (χ2n) is 4.68.